The molecule has 0 aromatic carbocycles. The molecule has 2 aromatic heterocycles. The summed E-state index contributed by atoms with van der Waals surface area (Å²) >= 11 is 0. The molecule has 0 aliphatic heterocycles. The van der Waals surface area contributed by atoms with E-state index in [1.807, 2.05) is 19.0 Å². The van der Waals surface area contributed by atoms with Crippen LogP contribution >= 0.6 is 0 Å². The lowest BCUT2D eigenvalue weighted by molar-refractivity contribution is 0.260. The van der Waals surface area contributed by atoms with Crippen LogP contribution in [0.15, 0.2) is 27.6 Å². The summed E-state index contributed by atoms with van der Waals surface area (Å²) < 4.78 is 9.90. The highest BCUT2D eigenvalue weighted by molar-refractivity contribution is 5.48. The summed E-state index contributed by atoms with van der Waals surface area (Å²) in [6, 6.07) is 3.48. The molecule has 1 N–H and O–H groups in total. The van der Waals surface area contributed by atoms with E-state index in [0.717, 1.165) is 6.54 Å². The predicted molar refractivity (Wildman–Crippen MR) is 64.4 cm³/mol. The van der Waals surface area contributed by atoms with Crippen LogP contribution in [0.4, 0.5) is 0 Å². The smallest absolute Gasteiger partial charge is 0.439 e. The molecule has 7 heteroatoms. The van der Waals surface area contributed by atoms with E-state index >= 15 is 0 Å². The highest BCUT2D eigenvalue weighted by Gasteiger charge is 2.05. The summed E-state index contributed by atoms with van der Waals surface area (Å²) in [5.41, 5.74) is 0.529. The standard InChI is InChI=1S/C11H14N4O3/c1-15(2)5-6-17-8-3-4-9(12-7-8)10-13-11(16)18-14-10/h3-4,7H,5-6H2,1-2H3,(H,13,14,16). The van der Waals surface area contributed by atoms with Crippen LogP contribution in [0.3, 0.4) is 0 Å². The number of aromatic nitrogens is 3. The van der Waals surface area contributed by atoms with Crippen molar-refractivity contribution in [2.75, 3.05) is 27.2 Å². The molecule has 7 nitrogen and oxygen atoms in total. The summed E-state index contributed by atoms with van der Waals surface area (Å²) in [6.07, 6.45) is 1.58. The molecule has 0 fully saturated rings. The number of likely N-dealkylation sites (N-methyl/N-ethyl adjacent to an activating group) is 1. The molecule has 0 amide bonds. The third kappa shape index (κ3) is 3.17. The summed E-state index contributed by atoms with van der Waals surface area (Å²) in [6.45, 7) is 1.42. The summed E-state index contributed by atoms with van der Waals surface area (Å²) in [4.78, 5) is 19.4. The molecule has 2 rings (SSSR count). The van der Waals surface area contributed by atoms with Gasteiger partial charge in [-0.25, -0.2) is 9.78 Å². The Kier molecular flexibility index (Phi) is 3.73. The van der Waals surface area contributed by atoms with E-state index in [0.29, 0.717) is 23.9 Å². The largest absolute Gasteiger partial charge is 0.491 e. The van der Waals surface area contributed by atoms with Gasteiger partial charge in [-0.15, -0.1) is 0 Å². The normalized spacial score (nSPS) is 10.8. The molecule has 0 saturated carbocycles. The number of nitrogens with zero attached hydrogens (tertiary/aromatic N) is 3. The molecule has 0 spiro atoms. The van der Waals surface area contributed by atoms with Crippen molar-refractivity contribution < 1.29 is 9.26 Å². The van der Waals surface area contributed by atoms with E-state index in [1.165, 1.54) is 0 Å². The maximum Gasteiger partial charge on any atom is 0.439 e. The van der Waals surface area contributed by atoms with Gasteiger partial charge in [0.1, 0.15) is 18.1 Å². The number of aromatic amines is 1. The molecular formula is C11H14N4O3. The van der Waals surface area contributed by atoms with Gasteiger partial charge in [-0.3, -0.25) is 9.51 Å². The first-order valence-corrected chi connectivity index (χ1v) is 5.45. The Morgan fingerprint density at radius 1 is 1.44 bits per heavy atom. The zero-order valence-electron chi connectivity index (χ0n) is 10.2. The molecular weight excluding hydrogens is 236 g/mol. The molecule has 2 heterocycles. The van der Waals surface area contributed by atoms with Gasteiger partial charge in [0.25, 0.3) is 0 Å². The zero-order chi connectivity index (χ0) is 13.0. The number of rotatable bonds is 5. The Morgan fingerprint density at radius 3 is 2.83 bits per heavy atom. The van der Waals surface area contributed by atoms with Crippen LogP contribution < -0.4 is 10.5 Å². The maximum absolute atomic E-state index is 10.8. The Hall–Kier alpha value is -2.15. The van der Waals surface area contributed by atoms with Crippen LogP contribution in [0.2, 0.25) is 0 Å². The third-order valence-corrected chi connectivity index (χ3v) is 2.23. The van der Waals surface area contributed by atoms with Crippen molar-refractivity contribution in [1.29, 1.82) is 0 Å². The Bertz CT molecular complexity index is 544. The van der Waals surface area contributed by atoms with Crippen molar-refractivity contribution >= 4 is 0 Å². The average molecular weight is 250 g/mol. The topological polar surface area (TPSA) is 84.2 Å². The lowest BCUT2D eigenvalue weighted by atomic mass is 10.3. The fourth-order valence-electron chi connectivity index (χ4n) is 1.29. The molecule has 0 aliphatic rings. The van der Waals surface area contributed by atoms with Crippen molar-refractivity contribution in [2.45, 2.75) is 0 Å². The SMILES string of the molecule is CN(C)CCOc1ccc(-c2noc(=O)[nH]2)nc1. The van der Waals surface area contributed by atoms with Crippen LogP contribution in [0.1, 0.15) is 0 Å². The van der Waals surface area contributed by atoms with Gasteiger partial charge < -0.3 is 9.64 Å². The Morgan fingerprint density at radius 2 is 2.28 bits per heavy atom. The summed E-state index contributed by atoms with van der Waals surface area (Å²) in [5, 5.41) is 3.55. The first-order chi connectivity index (χ1) is 8.65. The highest BCUT2D eigenvalue weighted by atomic mass is 16.5. The van der Waals surface area contributed by atoms with Crippen LogP contribution in [-0.4, -0.2) is 47.3 Å². The van der Waals surface area contributed by atoms with Gasteiger partial charge in [-0.2, -0.15) is 0 Å². The first-order valence-electron chi connectivity index (χ1n) is 5.45. The molecule has 0 saturated heterocycles. The van der Waals surface area contributed by atoms with Crippen LogP contribution in [-0.2, 0) is 0 Å². The number of nitrogens with one attached hydrogen (secondary N) is 1. The van der Waals surface area contributed by atoms with E-state index in [4.69, 9.17) is 4.74 Å². The van der Waals surface area contributed by atoms with Crippen molar-refractivity contribution in [3.8, 4) is 17.3 Å². The second-order valence-corrected chi connectivity index (χ2v) is 3.97. The first kappa shape index (κ1) is 12.3. The summed E-state index contributed by atoms with van der Waals surface area (Å²) in [5.74, 6) is 0.379. The predicted octanol–water partition coefficient (Wildman–Crippen LogP) is 0.365. The van der Waals surface area contributed by atoms with E-state index < -0.39 is 5.76 Å². The second-order valence-electron chi connectivity index (χ2n) is 3.97. The fourth-order valence-corrected chi connectivity index (χ4v) is 1.29. The van der Waals surface area contributed by atoms with Crippen molar-refractivity contribution in [3.63, 3.8) is 0 Å². The minimum atomic E-state index is -0.599. The fraction of sp³-hybridized carbons (Fsp3) is 0.364. The van der Waals surface area contributed by atoms with Gasteiger partial charge in [0, 0.05) is 6.54 Å². The van der Waals surface area contributed by atoms with Crippen molar-refractivity contribution in [1.82, 2.24) is 20.0 Å². The van der Waals surface area contributed by atoms with Crippen LogP contribution in [0, 0.1) is 0 Å². The number of hydrogen-bond donors (Lipinski definition) is 1. The van der Waals surface area contributed by atoms with E-state index in [1.54, 1.807) is 18.3 Å². The van der Waals surface area contributed by atoms with Gasteiger partial charge in [-0.05, 0) is 26.2 Å². The van der Waals surface area contributed by atoms with E-state index in [9.17, 15) is 4.79 Å². The summed E-state index contributed by atoms with van der Waals surface area (Å²) in [7, 11) is 3.96. The lowest BCUT2D eigenvalue weighted by Crippen LogP contribution is -2.19. The molecule has 0 bridgehead atoms. The zero-order valence-corrected chi connectivity index (χ0v) is 10.2. The lowest BCUT2D eigenvalue weighted by Gasteiger charge is -2.10. The molecule has 0 unspecified atom stereocenters. The van der Waals surface area contributed by atoms with Gasteiger partial charge in [0.15, 0.2) is 0 Å². The second kappa shape index (κ2) is 5.46. The minimum Gasteiger partial charge on any atom is -0.491 e. The number of hydrogen-bond acceptors (Lipinski definition) is 6. The van der Waals surface area contributed by atoms with Crippen molar-refractivity contribution in [3.05, 3.63) is 28.9 Å². The Balaban J connectivity index is 1.99. The molecule has 18 heavy (non-hydrogen) atoms. The quantitative estimate of drug-likeness (QED) is 0.825. The van der Waals surface area contributed by atoms with Gasteiger partial charge in [-0.1, -0.05) is 5.16 Å². The maximum atomic E-state index is 10.8. The Labute approximate surface area is 103 Å². The third-order valence-electron chi connectivity index (χ3n) is 2.23. The number of ether oxygens (including phenoxy) is 1. The number of H-pyrrole nitrogens is 1. The van der Waals surface area contributed by atoms with E-state index in [2.05, 4.69) is 19.6 Å². The highest BCUT2D eigenvalue weighted by Crippen LogP contribution is 2.14. The minimum absolute atomic E-state index is 0.305. The van der Waals surface area contributed by atoms with E-state index in [-0.39, 0.29) is 0 Å². The number of pyridine rings is 1. The molecule has 0 atom stereocenters. The van der Waals surface area contributed by atoms with Gasteiger partial charge in [0.05, 0.1) is 6.20 Å². The monoisotopic (exact) mass is 250 g/mol. The van der Waals surface area contributed by atoms with Crippen LogP contribution in [0.5, 0.6) is 5.75 Å². The molecule has 96 valence electrons. The van der Waals surface area contributed by atoms with Gasteiger partial charge >= 0.3 is 5.76 Å². The molecule has 0 radical (unpaired) electrons. The van der Waals surface area contributed by atoms with Gasteiger partial charge in [0.2, 0.25) is 5.82 Å². The average Bonchev–Trinajstić information content (AvgIpc) is 2.76. The van der Waals surface area contributed by atoms with Crippen molar-refractivity contribution in [2.24, 2.45) is 0 Å². The molecule has 0 aliphatic carbocycles. The van der Waals surface area contributed by atoms with Crippen LogP contribution in [0.25, 0.3) is 11.5 Å². The molecule has 2 aromatic rings.